The SMILES string of the molecule is O=C(OCc1ccccc1)N1CCNCC1(C(=O)O)C(=O)OCc1ccccc1. The Morgan fingerprint density at radius 2 is 1.48 bits per heavy atom. The number of nitrogens with zero attached hydrogens (tertiary/aromatic N) is 1. The average Bonchev–Trinajstić information content (AvgIpc) is 2.77. The van der Waals surface area contributed by atoms with Crippen molar-refractivity contribution in [2.75, 3.05) is 19.6 Å². The number of piperazine rings is 1. The standard InChI is InChI=1S/C21H22N2O6/c24-18(25)21(19(26)28-13-16-7-3-1-4-8-16)15-22-11-12-23(21)20(27)29-14-17-9-5-2-6-10-17/h1-10,22H,11-15H2,(H,24,25). The number of carbonyl (C=O) groups is 3. The zero-order valence-electron chi connectivity index (χ0n) is 15.7. The lowest BCUT2D eigenvalue weighted by Gasteiger charge is -2.41. The number of rotatable bonds is 6. The minimum absolute atomic E-state index is 0.000357. The Balaban J connectivity index is 1.75. The molecule has 1 amide bonds. The molecule has 0 radical (unpaired) electrons. The lowest BCUT2D eigenvalue weighted by Crippen LogP contribution is -2.71. The summed E-state index contributed by atoms with van der Waals surface area (Å²) in [6.07, 6.45) is -0.880. The maximum Gasteiger partial charge on any atom is 0.411 e. The molecule has 8 heteroatoms. The lowest BCUT2D eigenvalue weighted by atomic mass is 9.95. The molecule has 152 valence electrons. The number of carboxylic acid groups (broad SMARTS) is 1. The number of aliphatic carboxylic acids is 1. The minimum atomic E-state index is -2.19. The second kappa shape index (κ2) is 9.20. The predicted octanol–water partition coefficient (Wildman–Crippen LogP) is 1.80. The van der Waals surface area contributed by atoms with Gasteiger partial charge in [0.25, 0.3) is 5.54 Å². The highest BCUT2D eigenvalue weighted by atomic mass is 16.6. The van der Waals surface area contributed by atoms with E-state index in [1.807, 2.05) is 12.1 Å². The van der Waals surface area contributed by atoms with E-state index < -0.39 is 23.6 Å². The van der Waals surface area contributed by atoms with Gasteiger partial charge in [-0.05, 0) is 11.1 Å². The summed E-state index contributed by atoms with van der Waals surface area (Å²) in [7, 11) is 0. The fourth-order valence-electron chi connectivity index (χ4n) is 3.09. The Morgan fingerprint density at radius 1 is 0.931 bits per heavy atom. The Kier molecular flexibility index (Phi) is 6.46. The Hall–Kier alpha value is -3.39. The van der Waals surface area contributed by atoms with Crippen LogP contribution < -0.4 is 5.32 Å². The summed E-state index contributed by atoms with van der Waals surface area (Å²) in [5.74, 6) is -2.49. The maximum atomic E-state index is 12.8. The van der Waals surface area contributed by atoms with Crippen molar-refractivity contribution < 1.29 is 29.0 Å². The first-order valence-corrected chi connectivity index (χ1v) is 9.17. The summed E-state index contributed by atoms with van der Waals surface area (Å²) in [5.41, 5.74) is -0.729. The molecule has 0 aromatic heterocycles. The average molecular weight is 398 g/mol. The number of ether oxygens (including phenoxy) is 2. The van der Waals surface area contributed by atoms with Gasteiger partial charge < -0.3 is 19.9 Å². The fraction of sp³-hybridized carbons (Fsp3) is 0.286. The molecule has 8 nitrogen and oxygen atoms in total. The summed E-state index contributed by atoms with van der Waals surface area (Å²) < 4.78 is 10.5. The van der Waals surface area contributed by atoms with E-state index in [0.29, 0.717) is 12.1 Å². The van der Waals surface area contributed by atoms with Crippen LogP contribution in [0.2, 0.25) is 0 Å². The van der Waals surface area contributed by atoms with Crippen molar-refractivity contribution in [1.29, 1.82) is 0 Å². The van der Waals surface area contributed by atoms with Crippen LogP contribution >= 0.6 is 0 Å². The molecule has 29 heavy (non-hydrogen) atoms. The van der Waals surface area contributed by atoms with Crippen LogP contribution in [0.25, 0.3) is 0 Å². The van der Waals surface area contributed by atoms with Gasteiger partial charge in [0.15, 0.2) is 0 Å². The topological polar surface area (TPSA) is 105 Å². The molecule has 2 aromatic rings. The molecule has 0 spiro atoms. The van der Waals surface area contributed by atoms with E-state index in [2.05, 4.69) is 5.32 Å². The van der Waals surface area contributed by atoms with Crippen molar-refractivity contribution in [1.82, 2.24) is 10.2 Å². The molecule has 2 N–H and O–H groups in total. The van der Waals surface area contributed by atoms with Crippen molar-refractivity contribution in [3.05, 3.63) is 71.8 Å². The van der Waals surface area contributed by atoms with Crippen LogP contribution in [0.1, 0.15) is 11.1 Å². The summed E-state index contributed by atoms with van der Waals surface area (Å²) in [5, 5.41) is 12.7. The van der Waals surface area contributed by atoms with E-state index in [0.717, 1.165) is 10.5 Å². The molecule has 0 bridgehead atoms. The van der Waals surface area contributed by atoms with Crippen molar-refractivity contribution in [2.24, 2.45) is 0 Å². The fourth-order valence-corrected chi connectivity index (χ4v) is 3.09. The number of esters is 1. The molecule has 1 aliphatic rings. The van der Waals surface area contributed by atoms with E-state index >= 15 is 0 Å². The highest BCUT2D eigenvalue weighted by Crippen LogP contribution is 2.23. The molecule has 1 heterocycles. The third kappa shape index (κ3) is 4.55. The zero-order chi connectivity index (χ0) is 20.7. The second-order valence-corrected chi connectivity index (χ2v) is 6.60. The summed E-state index contributed by atoms with van der Waals surface area (Å²) >= 11 is 0. The van der Waals surface area contributed by atoms with Gasteiger partial charge in [-0.3, -0.25) is 4.90 Å². The molecule has 1 unspecified atom stereocenters. The number of hydrogen-bond acceptors (Lipinski definition) is 6. The molecular weight excluding hydrogens is 376 g/mol. The molecule has 2 aromatic carbocycles. The van der Waals surface area contributed by atoms with E-state index in [4.69, 9.17) is 9.47 Å². The van der Waals surface area contributed by atoms with Crippen LogP contribution in [0, 0.1) is 0 Å². The Bertz CT molecular complexity index is 858. The Morgan fingerprint density at radius 3 is 2.03 bits per heavy atom. The maximum absolute atomic E-state index is 12.8. The van der Waals surface area contributed by atoms with Crippen molar-refractivity contribution in [3.8, 4) is 0 Å². The van der Waals surface area contributed by atoms with Gasteiger partial charge >= 0.3 is 18.0 Å². The third-order valence-electron chi connectivity index (χ3n) is 4.68. The van der Waals surface area contributed by atoms with Gasteiger partial charge in [-0.25, -0.2) is 14.4 Å². The normalized spacial score (nSPS) is 18.7. The number of nitrogens with one attached hydrogen (secondary N) is 1. The van der Waals surface area contributed by atoms with Gasteiger partial charge in [-0.1, -0.05) is 60.7 Å². The highest BCUT2D eigenvalue weighted by molar-refractivity contribution is 6.07. The molecule has 3 rings (SSSR count). The van der Waals surface area contributed by atoms with Gasteiger partial charge in [-0.2, -0.15) is 0 Å². The highest BCUT2D eigenvalue weighted by Gasteiger charge is 2.57. The smallest absolute Gasteiger partial charge is 0.411 e. The molecular formula is C21H22N2O6. The molecule has 1 aliphatic heterocycles. The lowest BCUT2D eigenvalue weighted by molar-refractivity contribution is -0.173. The largest absolute Gasteiger partial charge is 0.479 e. The summed E-state index contributed by atoms with van der Waals surface area (Å²) in [6, 6.07) is 17.9. The first-order chi connectivity index (χ1) is 14.0. The number of carbonyl (C=O) groups excluding carboxylic acids is 2. The zero-order valence-corrected chi connectivity index (χ0v) is 15.7. The first kappa shape index (κ1) is 20.3. The van der Waals surface area contributed by atoms with Gasteiger partial charge in [0.05, 0.1) is 0 Å². The third-order valence-corrected chi connectivity index (χ3v) is 4.68. The molecule has 1 atom stereocenters. The predicted molar refractivity (Wildman–Crippen MR) is 103 cm³/mol. The molecule has 1 fully saturated rings. The summed E-state index contributed by atoms with van der Waals surface area (Å²) in [4.78, 5) is 38.6. The number of carboxylic acids is 1. The van der Waals surface area contributed by atoms with Crippen LogP contribution in [0.15, 0.2) is 60.7 Å². The minimum Gasteiger partial charge on any atom is -0.479 e. The second-order valence-electron chi connectivity index (χ2n) is 6.60. The molecule has 0 aliphatic carbocycles. The van der Waals surface area contributed by atoms with Gasteiger partial charge in [-0.15, -0.1) is 0 Å². The number of amides is 1. The van der Waals surface area contributed by atoms with Gasteiger partial charge in [0.1, 0.15) is 13.2 Å². The van der Waals surface area contributed by atoms with E-state index in [-0.39, 0.29) is 26.3 Å². The van der Waals surface area contributed by atoms with Crippen molar-refractivity contribution in [2.45, 2.75) is 18.8 Å². The van der Waals surface area contributed by atoms with Gasteiger partial charge in [0.2, 0.25) is 0 Å². The van der Waals surface area contributed by atoms with Crippen molar-refractivity contribution >= 4 is 18.0 Å². The Labute approximate surface area is 168 Å². The van der Waals surface area contributed by atoms with Crippen LogP contribution in [0.5, 0.6) is 0 Å². The first-order valence-electron chi connectivity index (χ1n) is 9.17. The van der Waals surface area contributed by atoms with E-state index in [9.17, 15) is 19.5 Å². The van der Waals surface area contributed by atoms with Gasteiger partial charge in [0, 0.05) is 19.6 Å². The monoisotopic (exact) mass is 398 g/mol. The number of benzene rings is 2. The molecule has 1 saturated heterocycles. The van der Waals surface area contributed by atoms with Crippen LogP contribution in [0.3, 0.4) is 0 Å². The van der Waals surface area contributed by atoms with Crippen LogP contribution in [-0.4, -0.2) is 53.2 Å². The molecule has 0 saturated carbocycles. The number of hydrogen-bond donors (Lipinski definition) is 2. The van der Waals surface area contributed by atoms with E-state index in [1.165, 1.54) is 0 Å². The van der Waals surface area contributed by atoms with Crippen LogP contribution in [-0.2, 0) is 32.3 Å². The quantitative estimate of drug-likeness (QED) is 0.565. The van der Waals surface area contributed by atoms with Crippen LogP contribution in [0.4, 0.5) is 4.79 Å². The van der Waals surface area contributed by atoms with E-state index in [1.54, 1.807) is 48.5 Å². The van der Waals surface area contributed by atoms with Crippen molar-refractivity contribution in [3.63, 3.8) is 0 Å². The summed E-state index contributed by atoms with van der Waals surface area (Å²) in [6.45, 7) is -0.0574.